The molecular weight excluding hydrogens is 342 g/mol. The number of rotatable bonds is 12. The first-order valence-electron chi connectivity index (χ1n) is 9.92. The summed E-state index contributed by atoms with van der Waals surface area (Å²) in [6.07, 6.45) is 1.81. The lowest BCUT2D eigenvalue weighted by molar-refractivity contribution is 0.213. The molecule has 0 saturated heterocycles. The monoisotopic (exact) mass is 379 g/mol. The molecule has 0 aromatic heterocycles. The third-order valence-corrected chi connectivity index (χ3v) is 4.15. The number of benzene rings is 1. The number of hydrogen-bond donors (Lipinski definition) is 3. The van der Waals surface area contributed by atoms with Crippen LogP contribution in [0, 0.1) is 11.8 Å². The average molecular weight is 380 g/mol. The zero-order valence-corrected chi connectivity index (χ0v) is 17.5. The average Bonchev–Trinajstić information content (AvgIpc) is 2.64. The third kappa shape index (κ3) is 9.52. The van der Waals surface area contributed by atoms with Crippen molar-refractivity contribution in [2.24, 2.45) is 16.8 Å². The van der Waals surface area contributed by atoms with Crippen molar-refractivity contribution in [1.29, 1.82) is 0 Å². The fraction of sp³-hybridized carbons (Fsp3) is 0.667. The van der Waals surface area contributed by atoms with Crippen molar-refractivity contribution in [2.45, 2.75) is 46.6 Å². The van der Waals surface area contributed by atoms with Gasteiger partial charge in [0.25, 0.3) is 0 Å². The minimum Gasteiger partial charge on any atom is -0.493 e. The van der Waals surface area contributed by atoms with Gasteiger partial charge in [0.15, 0.2) is 17.5 Å². The number of nitrogens with one attached hydrogen (secondary N) is 2. The van der Waals surface area contributed by atoms with E-state index >= 15 is 0 Å². The molecule has 6 nitrogen and oxygen atoms in total. The highest BCUT2D eigenvalue weighted by molar-refractivity contribution is 5.79. The zero-order chi connectivity index (χ0) is 20.1. The third-order valence-electron chi connectivity index (χ3n) is 4.15. The summed E-state index contributed by atoms with van der Waals surface area (Å²) in [5, 5.41) is 15.9. The normalized spacial score (nSPS) is 14.0. The molecule has 0 aliphatic carbocycles. The Bertz CT molecular complexity index is 549. The van der Waals surface area contributed by atoms with E-state index in [-0.39, 0.29) is 12.7 Å². The number of ether oxygens (including phenoxy) is 2. The predicted octanol–water partition coefficient (Wildman–Crippen LogP) is 3.06. The fourth-order valence-electron chi connectivity index (χ4n) is 2.91. The van der Waals surface area contributed by atoms with E-state index in [4.69, 9.17) is 14.5 Å². The number of para-hydroxylation sites is 2. The number of hydrogen-bond acceptors (Lipinski definition) is 4. The largest absolute Gasteiger partial charge is 0.493 e. The van der Waals surface area contributed by atoms with E-state index in [0.29, 0.717) is 24.9 Å². The summed E-state index contributed by atoms with van der Waals surface area (Å²) in [4.78, 5) is 4.70. The molecule has 0 radical (unpaired) electrons. The summed E-state index contributed by atoms with van der Waals surface area (Å²) in [5.74, 6) is 3.23. The maximum atomic E-state index is 9.27. The van der Waals surface area contributed by atoms with Crippen LogP contribution in [0.3, 0.4) is 0 Å². The first-order valence-corrected chi connectivity index (χ1v) is 9.92. The molecule has 0 bridgehead atoms. The van der Waals surface area contributed by atoms with Crippen molar-refractivity contribution in [1.82, 2.24) is 10.6 Å². The molecule has 0 aliphatic rings. The molecule has 3 N–H and O–H groups in total. The topological polar surface area (TPSA) is 75.1 Å². The lowest BCUT2D eigenvalue weighted by Gasteiger charge is -2.20. The minimum atomic E-state index is -0.0472. The smallest absolute Gasteiger partial charge is 0.191 e. The van der Waals surface area contributed by atoms with E-state index in [1.807, 2.05) is 38.1 Å². The molecule has 0 amide bonds. The highest BCUT2D eigenvalue weighted by atomic mass is 16.5. The number of nitrogens with zero attached hydrogens (tertiary/aromatic N) is 1. The van der Waals surface area contributed by atoms with Crippen LogP contribution in [0.25, 0.3) is 0 Å². The summed E-state index contributed by atoms with van der Waals surface area (Å²) in [5.41, 5.74) is 0. The van der Waals surface area contributed by atoms with Crippen molar-refractivity contribution in [2.75, 3.05) is 33.4 Å². The SMILES string of the molecule is CCNC(=NCC(CCO)CC(C)C)NCC(C)Oc1ccccc1OC. The van der Waals surface area contributed by atoms with E-state index in [1.165, 1.54) is 0 Å². The van der Waals surface area contributed by atoms with E-state index < -0.39 is 0 Å². The molecule has 6 heteroatoms. The van der Waals surface area contributed by atoms with Crippen LogP contribution in [0.4, 0.5) is 0 Å². The van der Waals surface area contributed by atoms with Crippen LogP contribution in [0.5, 0.6) is 11.5 Å². The Morgan fingerprint density at radius 2 is 1.85 bits per heavy atom. The van der Waals surface area contributed by atoms with Gasteiger partial charge in [-0.25, -0.2) is 0 Å². The first-order chi connectivity index (χ1) is 13.0. The summed E-state index contributed by atoms with van der Waals surface area (Å²) in [6, 6.07) is 7.64. The number of guanidine groups is 1. The lowest BCUT2D eigenvalue weighted by Crippen LogP contribution is -2.42. The Balaban J connectivity index is 2.59. The van der Waals surface area contributed by atoms with Gasteiger partial charge in [0.1, 0.15) is 6.10 Å². The van der Waals surface area contributed by atoms with Gasteiger partial charge in [0.2, 0.25) is 0 Å². The van der Waals surface area contributed by atoms with Gasteiger partial charge in [-0.15, -0.1) is 0 Å². The van der Waals surface area contributed by atoms with Crippen LogP contribution >= 0.6 is 0 Å². The molecule has 27 heavy (non-hydrogen) atoms. The molecule has 1 rings (SSSR count). The Hall–Kier alpha value is -1.95. The quantitative estimate of drug-likeness (QED) is 0.384. The molecule has 0 saturated carbocycles. The Morgan fingerprint density at radius 3 is 2.44 bits per heavy atom. The predicted molar refractivity (Wildman–Crippen MR) is 112 cm³/mol. The standard InChI is InChI=1S/C21H37N3O3/c1-6-22-21(24-15-18(11-12-25)13-16(2)3)23-14-17(4)27-20-10-8-7-9-19(20)26-5/h7-10,16-18,25H,6,11-15H2,1-5H3,(H2,22,23,24). The fourth-order valence-corrected chi connectivity index (χ4v) is 2.91. The van der Waals surface area contributed by atoms with Crippen LogP contribution in [0.1, 0.15) is 40.5 Å². The Labute approximate surface area is 164 Å². The number of aliphatic imine (C=N–C) groups is 1. The molecule has 2 unspecified atom stereocenters. The van der Waals surface area contributed by atoms with Crippen molar-refractivity contribution >= 4 is 5.96 Å². The van der Waals surface area contributed by atoms with E-state index in [9.17, 15) is 5.11 Å². The maximum absolute atomic E-state index is 9.27. The number of aliphatic hydroxyl groups excluding tert-OH is 1. The van der Waals surface area contributed by atoms with Gasteiger partial charge in [-0.2, -0.15) is 0 Å². The molecule has 2 atom stereocenters. The van der Waals surface area contributed by atoms with Gasteiger partial charge in [-0.05, 0) is 50.7 Å². The molecule has 0 aliphatic heterocycles. The molecule has 0 fully saturated rings. The van der Waals surface area contributed by atoms with Gasteiger partial charge in [0.05, 0.1) is 13.7 Å². The second-order valence-corrected chi connectivity index (χ2v) is 7.19. The van der Waals surface area contributed by atoms with Crippen LogP contribution in [0.15, 0.2) is 29.3 Å². The summed E-state index contributed by atoms with van der Waals surface area (Å²) in [7, 11) is 1.64. The van der Waals surface area contributed by atoms with Gasteiger partial charge in [0, 0.05) is 19.7 Å². The van der Waals surface area contributed by atoms with Gasteiger partial charge in [-0.1, -0.05) is 26.0 Å². The van der Waals surface area contributed by atoms with Gasteiger partial charge in [-0.3, -0.25) is 4.99 Å². The number of aliphatic hydroxyl groups is 1. The Kier molecular flexibility index (Phi) is 11.3. The van der Waals surface area contributed by atoms with Gasteiger partial charge >= 0.3 is 0 Å². The summed E-state index contributed by atoms with van der Waals surface area (Å²) in [6.45, 7) is 10.8. The summed E-state index contributed by atoms with van der Waals surface area (Å²) < 4.78 is 11.3. The number of methoxy groups -OCH3 is 1. The van der Waals surface area contributed by atoms with Crippen LogP contribution in [-0.2, 0) is 0 Å². The molecule has 154 valence electrons. The molecular formula is C21H37N3O3. The molecule has 0 spiro atoms. The van der Waals surface area contributed by atoms with Crippen molar-refractivity contribution in [3.63, 3.8) is 0 Å². The highest BCUT2D eigenvalue weighted by Crippen LogP contribution is 2.26. The minimum absolute atomic E-state index is 0.0472. The lowest BCUT2D eigenvalue weighted by atomic mass is 9.94. The van der Waals surface area contributed by atoms with E-state index in [1.54, 1.807) is 7.11 Å². The second-order valence-electron chi connectivity index (χ2n) is 7.19. The molecule has 1 aromatic rings. The van der Waals surface area contributed by atoms with Gasteiger partial charge < -0.3 is 25.2 Å². The zero-order valence-electron chi connectivity index (χ0n) is 17.5. The van der Waals surface area contributed by atoms with Crippen molar-refractivity contribution in [3.05, 3.63) is 24.3 Å². The van der Waals surface area contributed by atoms with Crippen molar-refractivity contribution in [3.8, 4) is 11.5 Å². The summed E-state index contributed by atoms with van der Waals surface area (Å²) >= 11 is 0. The van der Waals surface area contributed by atoms with Crippen LogP contribution in [-0.4, -0.2) is 50.5 Å². The Morgan fingerprint density at radius 1 is 1.15 bits per heavy atom. The second kappa shape index (κ2) is 13.3. The first kappa shape index (κ1) is 23.1. The molecule has 1 aromatic carbocycles. The van der Waals surface area contributed by atoms with Crippen LogP contribution in [0.2, 0.25) is 0 Å². The van der Waals surface area contributed by atoms with E-state index in [2.05, 4.69) is 24.5 Å². The highest BCUT2D eigenvalue weighted by Gasteiger charge is 2.12. The van der Waals surface area contributed by atoms with E-state index in [0.717, 1.165) is 36.8 Å². The molecule has 0 heterocycles. The van der Waals surface area contributed by atoms with Crippen LogP contribution < -0.4 is 20.1 Å². The maximum Gasteiger partial charge on any atom is 0.191 e. The van der Waals surface area contributed by atoms with Crippen molar-refractivity contribution < 1.29 is 14.6 Å².